The summed E-state index contributed by atoms with van der Waals surface area (Å²) in [6, 6.07) is 0. The largest absolute Gasteiger partial charge is 0.394 e. The SMILES string of the molecule is CC1OC(OC2C(CO)OC(OC3CCC4(C)C(=CCC5C4CCC4(C)C5CC5OC6(CCC(C)(CO)O6)C(C)C54)C3)C(OC3OC(CO)C(O)C(OC4OC(CO)C(O)C(O)C4O)C3O)C2O)C(O)C(O)C1O. The molecule has 0 radical (unpaired) electrons. The number of aliphatic hydroxyl groups is 13. The van der Waals surface area contributed by atoms with Crippen molar-refractivity contribution in [2.24, 2.45) is 40.4 Å². The monoisotopic (exact) mass is 1060 g/mol. The minimum absolute atomic E-state index is 0.0424. The average molecular weight is 1060 g/mol. The zero-order valence-corrected chi connectivity index (χ0v) is 42.8. The van der Waals surface area contributed by atoms with E-state index in [1.54, 1.807) is 0 Å². The maximum Gasteiger partial charge on any atom is 0.187 e. The van der Waals surface area contributed by atoms with Gasteiger partial charge in [0.1, 0.15) is 91.6 Å². The summed E-state index contributed by atoms with van der Waals surface area (Å²) in [4.78, 5) is 0. The Balaban J connectivity index is 0.879. The Hall–Kier alpha value is -1.18. The predicted octanol–water partition coefficient (Wildman–Crippen LogP) is -2.85. The molecule has 23 nitrogen and oxygen atoms in total. The molecule has 31 atom stereocenters. The van der Waals surface area contributed by atoms with E-state index in [-0.39, 0.29) is 29.5 Å². The molecular weight excluding hydrogens is 981 g/mol. The van der Waals surface area contributed by atoms with E-state index < -0.39 is 160 Å². The molecule has 0 aromatic carbocycles. The summed E-state index contributed by atoms with van der Waals surface area (Å²) in [5.41, 5.74) is 0.561. The van der Waals surface area contributed by atoms with Crippen molar-refractivity contribution in [2.45, 2.75) is 239 Å². The number of ether oxygens (including phenoxy) is 10. The van der Waals surface area contributed by atoms with Gasteiger partial charge in [0.2, 0.25) is 0 Å². The molecule has 6 aliphatic heterocycles. The summed E-state index contributed by atoms with van der Waals surface area (Å²) >= 11 is 0. The van der Waals surface area contributed by atoms with Crippen molar-refractivity contribution in [3.05, 3.63) is 11.6 Å². The number of hydrogen-bond donors (Lipinski definition) is 13. The lowest BCUT2D eigenvalue weighted by Crippen LogP contribution is -2.68. The minimum Gasteiger partial charge on any atom is -0.394 e. The lowest BCUT2D eigenvalue weighted by atomic mass is 9.47. The second kappa shape index (κ2) is 21.0. The lowest BCUT2D eigenvalue weighted by Gasteiger charge is -2.58. The first-order valence-corrected chi connectivity index (χ1v) is 26.9. The Bertz CT molecular complexity index is 1990. The summed E-state index contributed by atoms with van der Waals surface area (Å²) in [6.07, 6.45) is -24.3. The molecule has 6 saturated heterocycles. The van der Waals surface area contributed by atoms with Gasteiger partial charge in [-0.2, -0.15) is 0 Å². The fourth-order valence-electron chi connectivity index (χ4n) is 15.6. The van der Waals surface area contributed by atoms with Crippen LogP contribution in [-0.2, 0) is 47.4 Å². The third-order valence-corrected chi connectivity index (χ3v) is 20.0. The number of allylic oxidation sites excluding steroid dienone is 1. The topological polar surface area (TPSA) is 355 Å². The Labute approximate surface area is 430 Å². The predicted molar refractivity (Wildman–Crippen MR) is 248 cm³/mol. The number of hydrogen-bond acceptors (Lipinski definition) is 23. The van der Waals surface area contributed by atoms with Crippen LogP contribution >= 0.6 is 0 Å². The molecule has 0 aromatic rings. The van der Waals surface area contributed by atoms with Crippen molar-refractivity contribution < 1.29 is 114 Å². The molecule has 0 amide bonds. The summed E-state index contributed by atoms with van der Waals surface area (Å²) in [6.45, 7) is 8.04. The molecular formula is C51H82O23. The summed E-state index contributed by atoms with van der Waals surface area (Å²) < 4.78 is 61.9. The first-order valence-electron chi connectivity index (χ1n) is 26.9. The number of rotatable bonds is 12. The van der Waals surface area contributed by atoms with Gasteiger partial charge in [-0.05, 0) is 99.7 Å². The molecule has 10 rings (SSSR count). The highest BCUT2D eigenvalue weighted by Gasteiger charge is 2.70. The Morgan fingerprint density at radius 3 is 1.84 bits per heavy atom. The van der Waals surface area contributed by atoms with Crippen LogP contribution in [0.5, 0.6) is 0 Å². The van der Waals surface area contributed by atoms with Gasteiger partial charge in [0.25, 0.3) is 0 Å². The molecule has 6 heterocycles. The third-order valence-electron chi connectivity index (χ3n) is 20.0. The Morgan fingerprint density at radius 1 is 0.568 bits per heavy atom. The van der Waals surface area contributed by atoms with Gasteiger partial charge in [0.15, 0.2) is 30.9 Å². The van der Waals surface area contributed by atoms with E-state index in [0.717, 1.165) is 44.9 Å². The first kappa shape index (κ1) is 56.1. The van der Waals surface area contributed by atoms with Crippen molar-refractivity contribution in [3.63, 3.8) is 0 Å². The summed E-state index contributed by atoms with van der Waals surface area (Å²) in [5.74, 6) is 1.16. The van der Waals surface area contributed by atoms with Crippen molar-refractivity contribution in [3.8, 4) is 0 Å². The lowest BCUT2D eigenvalue weighted by molar-refractivity contribution is -0.398. The van der Waals surface area contributed by atoms with E-state index in [2.05, 4.69) is 26.8 Å². The normalized spacial score (nSPS) is 57.4. The van der Waals surface area contributed by atoms with Gasteiger partial charge < -0.3 is 114 Å². The fraction of sp³-hybridized carbons (Fsp3) is 0.961. The summed E-state index contributed by atoms with van der Waals surface area (Å²) in [7, 11) is 0. The van der Waals surface area contributed by atoms with E-state index in [1.165, 1.54) is 12.5 Å². The molecule has 1 spiro atoms. The molecule has 424 valence electrons. The Kier molecular flexibility index (Phi) is 16.0. The van der Waals surface area contributed by atoms with Crippen LogP contribution in [0, 0.1) is 40.4 Å². The maximum absolute atomic E-state index is 12.3. The highest BCUT2D eigenvalue weighted by Crippen LogP contribution is 2.71. The molecule has 9 fully saturated rings. The molecule has 4 aliphatic carbocycles. The zero-order chi connectivity index (χ0) is 53.1. The van der Waals surface area contributed by atoms with Gasteiger partial charge in [-0.25, -0.2) is 0 Å². The molecule has 3 saturated carbocycles. The highest BCUT2D eigenvalue weighted by atomic mass is 16.8. The fourth-order valence-corrected chi connectivity index (χ4v) is 15.6. The van der Waals surface area contributed by atoms with Crippen LogP contribution in [0.3, 0.4) is 0 Å². The van der Waals surface area contributed by atoms with Crippen LogP contribution in [0.15, 0.2) is 11.6 Å². The quantitative estimate of drug-likeness (QED) is 0.0875. The van der Waals surface area contributed by atoms with E-state index in [1.807, 2.05) is 6.92 Å². The second-order valence-electron chi connectivity index (χ2n) is 24.1. The standard InChI is InChI=1S/C51H82O23/c1-20-31-27(73-51(20)13-12-48(3,19-55)74-51)15-26-24-7-6-22-14-23(8-10-49(22,4)25(24)9-11-50(26,31)5)66-47-43(39(63)41(30(18-54)69-47)70-44-37(61)35(59)32(56)21(2)65-44)72-46-40(64)42(34(58)29(17-53)68-46)71-45-38(62)36(60)33(57)28(16-52)67-45/h6,20-21,23-47,52-64H,7-19H2,1-5H3. The smallest absolute Gasteiger partial charge is 0.187 e. The van der Waals surface area contributed by atoms with E-state index in [0.29, 0.717) is 36.5 Å². The van der Waals surface area contributed by atoms with Gasteiger partial charge in [-0.15, -0.1) is 0 Å². The van der Waals surface area contributed by atoms with Crippen molar-refractivity contribution >= 4 is 0 Å². The maximum atomic E-state index is 12.3. The van der Waals surface area contributed by atoms with Gasteiger partial charge in [-0.3, -0.25) is 0 Å². The van der Waals surface area contributed by atoms with Crippen LogP contribution in [0.1, 0.15) is 92.4 Å². The van der Waals surface area contributed by atoms with Gasteiger partial charge in [0.05, 0.1) is 50.3 Å². The average Bonchev–Trinajstić information content (AvgIpc) is 3.99. The summed E-state index contributed by atoms with van der Waals surface area (Å²) in [5, 5.41) is 140. The van der Waals surface area contributed by atoms with Crippen LogP contribution < -0.4 is 0 Å². The van der Waals surface area contributed by atoms with Crippen LogP contribution in [0.2, 0.25) is 0 Å². The molecule has 13 N–H and O–H groups in total. The molecule has 0 bridgehead atoms. The van der Waals surface area contributed by atoms with Crippen molar-refractivity contribution in [1.82, 2.24) is 0 Å². The number of fused-ring (bicyclic) bond motifs is 7. The number of aliphatic hydroxyl groups excluding tert-OH is 13. The molecule has 10 aliphatic rings. The second-order valence-corrected chi connectivity index (χ2v) is 24.1. The molecule has 31 unspecified atom stereocenters. The molecule has 23 heteroatoms. The molecule has 74 heavy (non-hydrogen) atoms. The zero-order valence-electron chi connectivity index (χ0n) is 42.8. The third kappa shape index (κ3) is 9.29. The van der Waals surface area contributed by atoms with Crippen LogP contribution in [0.4, 0.5) is 0 Å². The highest BCUT2D eigenvalue weighted by molar-refractivity contribution is 5.27. The Morgan fingerprint density at radius 2 is 1.18 bits per heavy atom. The van der Waals surface area contributed by atoms with Crippen molar-refractivity contribution in [2.75, 3.05) is 26.4 Å². The van der Waals surface area contributed by atoms with Crippen molar-refractivity contribution in [1.29, 1.82) is 0 Å². The van der Waals surface area contributed by atoms with Gasteiger partial charge in [-0.1, -0.05) is 32.4 Å². The van der Waals surface area contributed by atoms with E-state index in [9.17, 15) is 66.4 Å². The minimum atomic E-state index is -2.01. The molecule has 0 aromatic heterocycles. The van der Waals surface area contributed by atoms with E-state index in [4.69, 9.17) is 47.4 Å². The van der Waals surface area contributed by atoms with Crippen LogP contribution in [-0.4, -0.2) is 239 Å². The van der Waals surface area contributed by atoms with E-state index >= 15 is 0 Å². The van der Waals surface area contributed by atoms with Gasteiger partial charge >= 0.3 is 0 Å². The van der Waals surface area contributed by atoms with Crippen LogP contribution in [0.25, 0.3) is 0 Å². The first-order chi connectivity index (χ1) is 35.0. The van der Waals surface area contributed by atoms with Gasteiger partial charge in [0, 0.05) is 12.3 Å².